The Morgan fingerprint density at radius 1 is 0.963 bits per heavy atom. The molecule has 0 atom stereocenters. The maximum atomic E-state index is 12.6. The van der Waals surface area contributed by atoms with E-state index in [1.54, 1.807) is 30.5 Å². The van der Waals surface area contributed by atoms with Crippen molar-refractivity contribution in [2.24, 2.45) is 0 Å². The molecular formula is C21H17N3O3. The Morgan fingerprint density at radius 3 is 2.59 bits per heavy atom. The highest BCUT2D eigenvalue weighted by Crippen LogP contribution is 2.23. The molecule has 4 rings (SSSR count). The molecule has 2 aromatic heterocycles. The number of carbonyl (C=O) groups excluding carboxylic acids is 2. The van der Waals surface area contributed by atoms with E-state index in [9.17, 15) is 9.59 Å². The topological polar surface area (TPSA) is 87.1 Å². The van der Waals surface area contributed by atoms with Gasteiger partial charge in [0.05, 0.1) is 11.8 Å². The number of benzene rings is 2. The third-order valence-corrected chi connectivity index (χ3v) is 4.31. The number of fused-ring (bicyclic) bond motifs is 1. The summed E-state index contributed by atoms with van der Waals surface area (Å²) in [4.78, 5) is 27.8. The van der Waals surface area contributed by atoms with Crippen molar-refractivity contribution < 1.29 is 14.0 Å². The van der Waals surface area contributed by atoms with Gasteiger partial charge in [-0.1, -0.05) is 18.2 Å². The Bertz CT molecular complexity index is 1130. The summed E-state index contributed by atoms with van der Waals surface area (Å²) in [5, 5.41) is 6.56. The predicted molar refractivity (Wildman–Crippen MR) is 104 cm³/mol. The number of nitrogens with one attached hydrogen (secondary N) is 3. The fraction of sp³-hybridized carbons (Fsp3) is 0.0476. The van der Waals surface area contributed by atoms with Crippen LogP contribution in [-0.4, -0.2) is 16.8 Å². The minimum atomic E-state index is -0.321. The summed E-state index contributed by atoms with van der Waals surface area (Å²) in [5.41, 5.74) is 3.63. The minimum absolute atomic E-state index is 0.195. The van der Waals surface area contributed by atoms with Crippen LogP contribution in [0.15, 0.2) is 71.5 Å². The van der Waals surface area contributed by atoms with Gasteiger partial charge < -0.3 is 20.0 Å². The van der Waals surface area contributed by atoms with Crippen molar-refractivity contribution in [2.45, 2.75) is 6.92 Å². The van der Waals surface area contributed by atoms with E-state index in [2.05, 4.69) is 15.6 Å². The van der Waals surface area contributed by atoms with E-state index in [4.69, 9.17) is 4.42 Å². The Morgan fingerprint density at radius 2 is 1.81 bits per heavy atom. The molecule has 0 aliphatic rings. The summed E-state index contributed by atoms with van der Waals surface area (Å²) in [7, 11) is 0. The second-order valence-corrected chi connectivity index (χ2v) is 6.16. The molecule has 2 amide bonds. The standard InChI is InChI=1S/C21H17N3O3/c1-13-11-14(8-9-17(13)24-21(26)19-7-4-10-27-19)23-20(25)16-12-22-18-6-3-2-5-15(16)18/h2-12,22H,1H3,(H,23,25)(H,24,26). The number of aryl methyl sites for hydroxylation is 1. The van der Waals surface area contributed by atoms with Gasteiger partial charge in [-0.15, -0.1) is 0 Å². The molecule has 134 valence electrons. The van der Waals surface area contributed by atoms with E-state index in [-0.39, 0.29) is 17.6 Å². The highest BCUT2D eigenvalue weighted by atomic mass is 16.3. The molecule has 2 aromatic carbocycles. The number of hydrogen-bond donors (Lipinski definition) is 3. The second kappa shape index (κ2) is 6.84. The van der Waals surface area contributed by atoms with E-state index in [1.807, 2.05) is 37.3 Å². The Balaban J connectivity index is 1.51. The number of rotatable bonds is 4. The quantitative estimate of drug-likeness (QED) is 0.499. The smallest absolute Gasteiger partial charge is 0.291 e. The molecule has 4 aromatic rings. The van der Waals surface area contributed by atoms with E-state index in [0.29, 0.717) is 16.9 Å². The highest BCUT2D eigenvalue weighted by Gasteiger charge is 2.13. The first-order chi connectivity index (χ1) is 13.1. The van der Waals surface area contributed by atoms with Gasteiger partial charge in [0.1, 0.15) is 0 Å². The number of H-pyrrole nitrogens is 1. The van der Waals surface area contributed by atoms with Crippen LogP contribution in [0.1, 0.15) is 26.5 Å². The van der Waals surface area contributed by atoms with Gasteiger partial charge in [-0.05, 0) is 48.9 Å². The van der Waals surface area contributed by atoms with Gasteiger partial charge in [-0.3, -0.25) is 9.59 Å². The molecule has 0 aliphatic carbocycles. The van der Waals surface area contributed by atoms with Crippen LogP contribution in [0.25, 0.3) is 10.9 Å². The number of carbonyl (C=O) groups is 2. The molecule has 3 N–H and O–H groups in total. The lowest BCUT2D eigenvalue weighted by Gasteiger charge is -2.10. The van der Waals surface area contributed by atoms with E-state index >= 15 is 0 Å². The van der Waals surface area contributed by atoms with E-state index in [1.165, 1.54) is 6.26 Å². The summed E-state index contributed by atoms with van der Waals surface area (Å²) in [6.45, 7) is 1.86. The van der Waals surface area contributed by atoms with Crippen LogP contribution >= 0.6 is 0 Å². The summed E-state index contributed by atoms with van der Waals surface area (Å²) in [6.07, 6.45) is 3.15. The number of para-hydroxylation sites is 1. The van der Waals surface area contributed by atoms with Gasteiger partial charge >= 0.3 is 0 Å². The number of anilines is 2. The first-order valence-corrected chi connectivity index (χ1v) is 8.45. The number of furan rings is 1. The number of amides is 2. The molecule has 0 fully saturated rings. The molecule has 6 heteroatoms. The summed E-state index contributed by atoms with van der Waals surface area (Å²) < 4.78 is 5.09. The third-order valence-electron chi connectivity index (χ3n) is 4.31. The average molecular weight is 359 g/mol. The van der Waals surface area contributed by atoms with E-state index < -0.39 is 0 Å². The van der Waals surface area contributed by atoms with Crippen LogP contribution in [-0.2, 0) is 0 Å². The van der Waals surface area contributed by atoms with Gasteiger partial charge in [-0.2, -0.15) is 0 Å². The Kier molecular flexibility index (Phi) is 4.22. The summed E-state index contributed by atoms with van der Waals surface area (Å²) in [6, 6.07) is 16.2. The lowest BCUT2D eigenvalue weighted by molar-refractivity contribution is 0.0994. The average Bonchev–Trinajstić information content (AvgIpc) is 3.33. The molecule has 6 nitrogen and oxygen atoms in total. The zero-order valence-electron chi connectivity index (χ0n) is 14.6. The maximum Gasteiger partial charge on any atom is 0.291 e. The first kappa shape index (κ1) is 16.7. The van der Waals surface area contributed by atoms with Gasteiger partial charge in [0.2, 0.25) is 0 Å². The summed E-state index contributed by atoms with van der Waals surface area (Å²) >= 11 is 0. The molecule has 0 radical (unpaired) electrons. The van der Waals surface area contributed by atoms with Crippen molar-refractivity contribution in [1.82, 2.24) is 4.98 Å². The van der Waals surface area contributed by atoms with Crippen LogP contribution < -0.4 is 10.6 Å². The second-order valence-electron chi connectivity index (χ2n) is 6.16. The van der Waals surface area contributed by atoms with Crippen molar-refractivity contribution >= 4 is 34.1 Å². The van der Waals surface area contributed by atoms with Crippen molar-refractivity contribution in [3.63, 3.8) is 0 Å². The Hall–Kier alpha value is -3.80. The number of aromatic amines is 1. The number of hydrogen-bond acceptors (Lipinski definition) is 3. The fourth-order valence-electron chi connectivity index (χ4n) is 2.93. The molecule has 0 saturated carbocycles. The highest BCUT2D eigenvalue weighted by molar-refractivity contribution is 6.13. The first-order valence-electron chi connectivity index (χ1n) is 8.45. The third kappa shape index (κ3) is 3.32. The monoisotopic (exact) mass is 359 g/mol. The van der Waals surface area contributed by atoms with E-state index in [0.717, 1.165) is 16.5 Å². The lowest BCUT2D eigenvalue weighted by Crippen LogP contribution is -2.13. The van der Waals surface area contributed by atoms with Crippen LogP contribution in [0.4, 0.5) is 11.4 Å². The molecule has 2 heterocycles. The van der Waals surface area contributed by atoms with Crippen molar-refractivity contribution in [2.75, 3.05) is 10.6 Å². The molecule has 0 aliphatic heterocycles. The van der Waals surface area contributed by atoms with Crippen LogP contribution in [0, 0.1) is 6.92 Å². The molecular weight excluding hydrogens is 342 g/mol. The zero-order chi connectivity index (χ0) is 18.8. The van der Waals surface area contributed by atoms with Crippen LogP contribution in [0.2, 0.25) is 0 Å². The van der Waals surface area contributed by atoms with Crippen molar-refractivity contribution in [3.05, 3.63) is 83.9 Å². The molecule has 0 unspecified atom stereocenters. The Labute approximate surface area is 155 Å². The molecule has 0 saturated heterocycles. The zero-order valence-corrected chi connectivity index (χ0v) is 14.6. The summed E-state index contributed by atoms with van der Waals surface area (Å²) in [5.74, 6) is -0.274. The lowest BCUT2D eigenvalue weighted by atomic mass is 10.1. The van der Waals surface area contributed by atoms with Gasteiger partial charge in [0.25, 0.3) is 11.8 Å². The van der Waals surface area contributed by atoms with Crippen molar-refractivity contribution in [3.8, 4) is 0 Å². The minimum Gasteiger partial charge on any atom is -0.459 e. The van der Waals surface area contributed by atoms with Gasteiger partial charge in [0.15, 0.2) is 5.76 Å². The SMILES string of the molecule is Cc1cc(NC(=O)c2c[nH]c3ccccc23)ccc1NC(=O)c1ccco1. The van der Waals surface area contributed by atoms with Gasteiger partial charge in [-0.25, -0.2) is 0 Å². The number of aromatic nitrogens is 1. The molecule has 0 bridgehead atoms. The molecule has 0 spiro atoms. The fourth-order valence-corrected chi connectivity index (χ4v) is 2.93. The van der Waals surface area contributed by atoms with Crippen molar-refractivity contribution in [1.29, 1.82) is 0 Å². The largest absolute Gasteiger partial charge is 0.459 e. The van der Waals surface area contributed by atoms with Gasteiger partial charge in [0, 0.05) is 28.5 Å². The van der Waals surface area contributed by atoms with Crippen LogP contribution in [0.3, 0.4) is 0 Å². The molecule has 27 heavy (non-hydrogen) atoms. The van der Waals surface area contributed by atoms with Crippen LogP contribution in [0.5, 0.6) is 0 Å². The maximum absolute atomic E-state index is 12.6. The predicted octanol–water partition coefficient (Wildman–Crippen LogP) is 4.57. The normalized spacial score (nSPS) is 10.7.